The standard InChI is InChI=1S/C12H16FNO/c1-4-11(14(2)3)12(15)9-7-5-6-8-10(9)13/h5-8,11H,4H2,1-3H3. The van der Waals surface area contributed by atoms with Gasteiger partial charge in [0.2, 0.25) is 0 Å². The van der Waals surface area contributed by atoms with Crippen molar-refractivity contribution in [2.45, 2.75) is 19.4 Å². The monoisotopic (exact) mass is 209 g/mol. The number of rotatable bonds is 4. The Kier molecular flexibility index (Phi) is 3.97. The molecule has 0 N–H and O–H groups in total. The fourth-order valence-electron chi connectivity index (χ4n) is 1.63. The first-order valence-corrected chi connectivity index (χ1v) is 5.03. The van der Waals surface area contributed by atoms with Gasteiger partial charge in [0.1, 0.15) is 5.82 Å². The van der Waals surface area contributed by atoms with E-state index >= 15 is 0 Å². The lowest BCUT2D eigenvalue weighted by atomic mass is 10.0. The van der Waals surface area contributed by atoms with Crippen molar-refractivity contribution in [2.24, 2.45) is 0 Å². The first-order chi connectivity index (χ1) is 7.07. The summed E-state index contributed by atoms with van der Waals surface area (Å²) in [6, 6.07) is 5.86. The van der Waals surface area contributed by atoms with Crippen LogP contribution >= 0.6 is 0 Å². The fraction of sp³-hybridized carbons (Fsp3) is 0.417. The Morgan fingerprint density at radius 3 is 2.47 bits per heavy atom. The van der Waals surface area contributed by atoms with Crippen LogP contribution in [0.15, 0.2) is 24.3 Å². The quantitative estimate of drug-likeness (QED) is 0.709. The van der Waals surface area contributed by atoms with Crippen LogP contribution in [0.3, 0.4) is 0 Å². The Morgan fingerprint density at radius 2 is 2.00 bits per heavy atom. The third-order valence-electron chi connectivity index (χ3n) is 2.45. The number of carbonyl (C=O) groups excluding carboxylic acids is 1. The number of Topliss-reactive ketones (excluding diaryl/α,β-unsaturated/α-hetero) is 1. The van der Waals surface area contributed by atoms with Crippen LogP contribution in [0.1, 0.15) is 23.7 Å². The summed E-state index contributed by atoms with van der Waals surface area (Å²) < 4.78 is 13.4. The molecule has 0 aromatic heterocycles. The largest absolute Gasteiger partial charge is 0.299 e. The van der Waals surface area contributed by atoms with E-state index in [1.165, 1.54) is 12.1 Å². The maximum absolute atomic E-state index is 13.4. The van der Waals surface area contributed by atoms with Crippen LogP contribution < -0.4 is 0 Å². The molecule has 0 spiro atoms. The molecule has 1 unspecified atom stereocenters. The topological polar surface area (TPSA) is 20.3 Å². The average Bonchev–Trinajstić information content (AvgIpc) is 2.18. The van der Waals surface area contributed by atoms with E-state index < -0.39 is 5.82 Å². The third-order valence-corrected chi connectivity index (χ3v) is 2.45. The molecule has 82 valence electrons. The molecule has 0 bridgehead atoms. The van der Waals surface area contributed by atoms with E-state index in [1.54, 1.807) is 12.1 Å². The molecule has 0 aliphatic rings. The molecule has 0 saturated carbocycles. The number of ketones is 1. The summed E-state index contributed by atoms with van der Waals surface area (Å²) in [5.74, 6) is -0.594. The molecule has 0 fully saturated rings. The van der Waals surface area contributed by atoms with Crippen LogP contribution in [0, 0.1) is 5.82 Å². The van der Waals surface area contributed by atoms with Gasteiger partial charge in [-0.1, -0.05) is 19.1 Å². The lowest BCUT2D eigenvalue weighted by Gasteiger charge is -2.21. The van der Waals surface area contributed by atoms with E-state index in [-0.39, 0.29) is 17.4 Å². The molecule has 0 heterocycles. The molecule has 1 aromatic rings. The Balaban J connectivity index is 2.98. The van der Waals surface area contributed by atoms with Gasteiger partial charge in [0.05, 0.1) is 11.6 Å². The van der Waals surface area contributed by atoms with Crippen LogP contribution in [-0.4, -0.2) is 30.8 Å². The molecule has 15 heavy (non-hydrogen) atoms. The SMILES string of the molecule is CCC(C(=O)c1ccccc1F)N(C)C. The van der Waals surface area contributed by atoms with Crippen LogP contribution in [0.2, 0.25) is 0 Å². The minimum absolute atomic E-state index is 0.152. The summed E-state index contributed by atoms with van der Waals surface area (Å²) in [5, 5.41) is 0. The predicted octanol–water partition coefficient (Wildman–Crippen LogP) is 2.35. The van der Waals surface area contributed by atoms with Crippen LogP contribution in [0.4, 0.5) is 4.39 Å². The summed E-state index contributed by atoms with van der Waals surface area (Å²) in [6.45, 7) is 1.92. The summed E-state index contributed by atoms with van der Waals surface area (Å²) in [7, 11) is 3.65. The van der Waals surface area contributed by atoms with Crippen molar-refractivity contribution in [3.63, 3.8) is 0 Å². The van der Waals surface area contributed by atoms with E-state index in [2.05, 4.69) is 0 Å². The van der Waals surface area contributed by atoms with Gasteiger partial charge in [0, 0.05) is 0 Å². The number of carbonyl (C=O) groups is 1. The van der Waals surface area contributed by atoms with Gasteiger partial charge in [-0.2, -0.15) is 0 Å². The Labute approximate surface area is 89.7 Å². The van der Waals surface area contributed by atoms with E-state index in [1.807, 2.05) is 25.9 Å². The molecular formula is C12H16FNO. The zero-order valence-corrected chi connectivity index (χ0v) is 9.33. The molecule has 1 atom stereocenters. The second-order valence-corrected chi connectivity index (χ2v) is 3.73. The summed E-state index contributed by atoms with van der Waals surface area (Å²) >= 11 is 0. The molecule has 0 aliphatic carbocycles. The van der Waals surface area contributed by atoms with Gasteiger partial charge in [-0.25, -0.2) is 4.39 Å². The van der Waals surface area contributed by atoms with Crippen molar-refractivity contribution < 1.29 is 9.18 Å². The van der Waals surface area contributed by atoms with Gasteiger partial charge in [-0.05, 0) is 32.6 Å². The van der Waals surface area contributed by atoms with Crippen molar-refractivity contribution in [1.82, 2.24) is 4.90 Å². The van der Waals surface area contributed by atoms with E-state index in [0.29, 0.717) is 6.42 Å². The zero-order valence-electron chi connectivity index (χ0n) is 9.33. The minimum Gasteiger partial charge on any atom is -0.299 e. The van der Waals surface area contributed by atoms with Gasteiger partial charge in [-0.3, -0.25) is 9.69 Å². The normalized spacial score (nSPS) is 12.9. The fourth-order valence-corrected chi connectivity index (χ4v) is 1.63. The Morgan fingerprint density at radius 1 is 1.40 bits per heavy atom. The number of hydrogen-bond acceptors (Lipinski definition) is 2. The molecule has 2 nitrogen and oxygen atoms in total. The number of likely N-dealkylation sites (N-methyl/N-ethyl adjacent to an activating group) is 1. The summed E-state index contributed by atoms with van der Waals surface area (Å²) in [5.41, 5.74) is 0.179. The molecular weight excluding hydrogens is 193 g/mol. The van der Waals surface area contributed by atoms with Gasteiger partial charge in [-0.15, -0.1) is 0 Å². The number of hydrogen-bond donors (Lipinski definition) is 0. The highest BCUT2D eigenvalue weighted by molar-refractivity contribution is 6.00. The molecule has 1 rings (SSSR count). The molecule has 0 amide bonds. The molecule has 0 saturated heterocycles. The average molecular weight is 209 g/mol. The highest BCUT2D eigenvalue weighted by Crippen LogP contribution is 2.13. The highest BCUT2D eigenvalue weighted by atomic mass is 19.1. The second kappa shape index (κ2) is 5.03. The lowest BCUT2D eigenvalue weighted by Crippen LogP contribution is -2.35. The van der Waals surface area contributed by atoms with Crippen molar-refractivity contribution in [3.8, 4) is 0 Å². The van der Waals surface area contributed by atoms with Crippen molar-refractivity contribution >= 4 is 5.78 Å². The van der Waals surface area contributed by atoms with Crippen molar-refractivity contribution in [3.05, 3.63) is 35.6 Å². The zero-order chi connectivity index (χ0) is 11.4. The predicted molar refractivity (Wildman–Crippen MR) is 58.5 cm³/mol. The van der Waals surface area contributed by atoms with Gasteiger partial charge >= 0.3 is 0 Å². The molecule has 0 aliphatic heterocycles. The van der Waals surface area contributed by atoms with Crippen molar-refractivity contribution in [2.75, 3.05) is 14.1 Å². The first kappa shape index (κ1) is 11.9. The number of benzene rings is 1. The second-order valence-electron chi connectivity index (χ2n) is 3.73. The van der Waals surface area contributed by atoms with E-state index in [0.717, 1.165) is 0 Å². The summed E-state index contributed by atoms with van der Waals surface area (Å²) in [6.07, 6.45) is 0.681. The van der Waals surface area contributed by atoms with Crippen LogP contribution in [0.25, 0.3) is 0 Å². The van der Waals surface area contributed by atoms with Crippen molar-refractivity contribution in [1.29, 1.82) is 0 Å². The third kappa shape index (κ3) is 2.63. The Hall–Kier alpha value is -1.22. The van der Waals surface area contributed by atoms with Gasteiger partial charge in [0.15, 0.2) is 5.78 Å². The van der Waals surface area contributed by atoms with Crippen LogP contribution in [0.5, 0.6) is 0 Å². The van der Waals surface area contributed by atoms with Crippen LogP contribution in [-0.2, 0) is 0 Å². The van der Waals surface area contributed by atoms with E-state index in [4.69, 9.17) is 0 Å². The summed E-state index contributed by atoms with van der Waals surface area (Å²) in [4.78, 5) is 13.8. The first-order valence-electron chi connectivity index (χ1n) is 5.03. The molecule has 0 radical (unpaired) electrons. The number of nitrogens with zero attached hydrogens (tertiary/aromatic N) is 1. The van der Waals surface area contributed by atoms with E-state index in [9.17, 15) is 9.18 Å². The molecule has 1 aromatic carbocycles. The van der Waals surface area contributed by atoms with Gasteiger partial charge < -0.3 is 0 Å². The molecule has 3 heteroatoms. The maximum Gasteiger partial charge on any atom is 0.182 e. The smallest absolute Gasteiger partial charge is 0.182 e. The highest BCUT2D eigenvalue weighted by Gasteiger charge is 2.22. The maximum atomic E-state index is 13.4. The minimum atomic E-state index is -0.442. The van der Waals surface area contributed by atoms with Gasteiger partial charge in [0.25, 0.3) is 0 Å². The Bertz CT molecular complexity index is 349. The number of halogens is 1. The lowest BCUT2D eigenvalue weighted by molar-refractivity contribution is 0.0867.